The standard InChI is InChI=1S/C9H14IO4/c1-6(11)3-7-4-8(5-10-2)14-9(12)13-7/h7-8H,3-5H2,1-2H3/q-1/t7-,8-/m0/s1. The Kier molecular flexibility index (Phi) is 4.64. The fourth-order valence-electron chi connectivity index (χ4n) is 1.40. The van der Waals surface area contributed by atoms with Gasteiger partial charge in [-0.05, 0) is 0 Å². The molecule has 5 heteroatoms. The molecule has 1 heterocycles. The van der Waals surface area contributed by atoms with Crippen molar-refractivity contribution in [2.24, 2.45) is 0 Å². The van der Waals surface area contributed by atoms with Gasteiger partial charge in [0.15, 0.2) is 0 Å². The zero-order valence-electron chi connectivity index (χ0n) is 8.29. The number of Topliss-reactive ketones (excluding diaryl/α,β-unsaturated/α-hetero) is 1. The Morgan fingerprint density at radius 1 is 1.50 bits per heavy atom. The normalized spacial score (nSPS) is 26.9. The van der Waals surface area contributed by atoms with Crippen molar-refractivity contribution >= 4 is 11.9 Å². The van der Waals surface area contributed by atoms with Gasteiger partial charge >= 0.3 is 93.5 Å². The van der Waals surface area contributed by atoms with E-state index in [1.807, 2.05) is 0 Å². The van der Waals surface area contributed by atoms with E-state index in [0.717, 1.165) is 4.43 Å². The first-order valence-corrected chi connectivity index (χ1v) is 8.10. The van der Waals surface area contributed by atoms with Gasteiger partial charge in [0.05, 0.1) is 0 Å². The Bertz CT molecular complexity index is 227. The van der Waals surface area contributed by atoms with Crippen LogP contribution in [0.25, 0.3) is 0 Å². The van der Waals surface area contributed by atoms with Crippen LogP contribution in [0.3, 0.4) is 0 Å². The van der Waals surface area contributed by atoms with Gasteiger partial charge in [-0.25, -0.2) is 0 Å². The summed E-state index contributed by atoms with van der Waals surface area (Å²) in [6.07, 6.45) is 0.0599. The van der Waals surface area contributed by atoms with E-state index in [1.54, 1.807) is 0 Å². The summed E-state index contributed by atoms with van der Waals surface area (Å²) in [5, 5.41) is 0. The van der Waals surface area contributed by atoms with Crippen LogP contribution in [-0.4, -0.2) is 33.5 Å². The quantitative estimate of drug-likeness (QED) is 0.342. The fraction of sp³-hybridized carbons (Fsp3) is 0.778. The Morgan fingerprint density at radius 2 is 2.14 bits per heavy atom. The molecule has 1 fully saturated rings. The molecule has 0 unspecified atom stereocenters. The van der Waals surface area contributed by atoms with Gasteiger partial charge in [-0.2, -0.15) is 0 Å². The van der Waals surface area contributed by atoms with E-state index in [-0.39, 0.29) is 39.2 Å². The number of carbonyl (C=O) groups excluding carboxylic acids is 2. The van der Waals surface area contributed by atoms with Crippen LogP contribution in [0.1, 0.15) is 19.8 Å². The number of rotatable bonds is 4. The topological polar surface area (TPSA) is 52.6 Å². The van der Waals surface area contributed by atoms with Crippen LogP contribution in [0, 0.1) is 0 Å². The van der Waals surface area contributed by atoms with Crippen molar-refractivity contribution in [1.29, 1.82) is 0 Å². The number of carbonyl (C=O) groups is 2. The molecule has 0 N–H and O–H groups in total. The Balaban J connectivity index is 2.45. The molecule has 0 aromatic heterocycles. The van der Waals surface area contributed by atoms with Crippen molar-refractivity contribution in [3.63, 3.8) is 0 Å². The summed E-state index contributed by atoms with van der Waals surface area (Å²) in [5.41, 5.74) is 0. The average molecular weight is 313 g/mol. The van der Waals surface area contributed by atoms with Gasteiger partial charge in [0.1, 0.15) is 0 Å². The van der Waals surface area contributed by atoms with Gasteiger partial charge in [-0.3, -0.25) is 0 Å². The van der Waals surface area contributed by atoms with Crippen LogP contribution in [0.4, 0.5) is 4.79 Å². The molecule has 1 aliphatic heterocycles. The van der Waals surface area contributed by atoms with Crippen LogP contribution < -0.4 is 21.2 Å². The molecule has 82 valence electrons. The van der Waals surface area contributed by atoms with Gasteiger partial charge in [-0.1, -0.05) is 0 Å². The van der Waals surface area contributed by atoms with Crippen LogP contribution in [0.2, 0.25) is 0 Å². The second kappa shape index (κ2) is 5.53. The molecule has 1 rings (SSSR count). The molecule has 4 nitrogen and oxygen atoms in total. The van der Waals surface area contributed by atoms with Crippen molar-refractivity contribution in [3.05, 3.63) is 0 Å². The number of halogens is 1. The van der Waals surface area contributed by atoms with Crippen molar-refractivity contribution in [3.8, 4) is 0 Å². The van der Waals surface area contributed by atoms with E-state index in [2.05, 4.69) is 4.93 Å². The molecule has 1 saturated heterocycles. The molecule has 0 radical (unpaired) electrons. The van der Waals surface area contributed by atoms with Gasteiger partial charge < -0.3 is 0 Å². The second-order valence-corrected chi connectivity index (χ2v) is 5.70. The van der Waals surface area contributed by atoms with E-state index in [4.69, 9.17) is 9.47 Å². The van der Waals surface area contributed by atoms with Crippen molar-refractivity contribution in [2.75, 3.05) is 9.36 Å². The monoisotopic (exact) mass is 313 g/mol. The van der Waals surface area contributed by atoms with E-state index in [0.29, 0.717) is 12.8 Å². The number of alkyl halides is 2. The Labute approximate surface area is 93.6 Å². The van der Waals surface area contributed by atoms with Crippen LogP contribution in [0.5, 0.6) is 0 Å². The molecule has 0 aliphatic carbocycles. The van der Waals surface area contributed by atoms with Gasteiger partial charge in [-0.15, -0.1) is 0 Å². The summed E-state index contributed by atoms with van der Waals surface area (Å²) < 4.78 is 10.8. The SMILES string of the molecule is C[I-]C[C@@H]1C[C@H](CC(C)=O)OC(=O)O1. The molecule has 0 saturated carbocycles. The summed E-state index contributed by atoms with van der Waals surface area (Å²) in [7, 11) is 0. The molecule has 0 spiro atoms. The minimum atomic E-state index is -0.620. The molecule has 0 amide bonds. The number of hydrogen-bond acceptors (Lipinski definition) is 4. The molecule has 1 aliphatic rings. The van der Waals surface area contributed by atoms with Crippen molar-refractivity contribution < 1.29 is 40.3 Å². The third kappa shape index (κ3) is 3.81. The third-order valence-corrected chi connectivity index (χ3v) is 3.76. The average Bonchev–Trinajstić information content (AvgIpc) is 2.01. The first-order chi connectivity index (χ1) is 6.61. The zero-order chi connectivity index (χ0) is 10.6. The maximum absolute atomic E-state index is 11.0. The molecular formula is C9H14IO4-. The zero-order valence-corrected chi connectivity index (χ0v) is 10.4. The van der Waals surface area contributed by atoms with Crippen molar-refractivity contribution in [2.45, 2.75) is 32.0 Å². The number of cyclic esters (lactones) is 2. The van der Waals surface area contributed by atoms with E-state index in [1.165, 1.54) is 6.92 Å². The van der Waals surface area contributed by atoms with Crippen molar-refractivity contribution in [1.82, 2.24) is 0 Å². The first-order valence-electron chi connectivity index (χ1n) is 4.42. The predicted molar refractivity (Wildman–Crippen MR) is 45.8 cm³/mol. The Hall–Kier alpha value is -0.330. The molecule has 0 aromatic carbocycles. The fourth-order valence-corrected chi connectivity index (χ4v) is 2.92. The van der Waals surface area contributed by atoms with Gasteiger partial charge in [0.25, 0.3) is 0 Å². The molecule has 14 heavy (non-hydrogen) atoms. The summed E-state index contributed by atoms with van der Waals surface area (Å²) in [6.45, 7) is 1.51. The van der Waals surface area contributed by atoms with Crippen LogP contribution in [-0.2, 0) is 14.3 Å². The number of ketones is 1. The van der Waals surface area contributed by atoms with E-state index in [9.17, 15) is 9.59 Å². The van der Waals surface area contributed by atoms with E-state index < -0.39 is 6.16 Å². The van der Waals surface area contributed by atoms with Crippen LogP contribution >= 0.6 is 0 Å². The Morgan fingerprint density at radius 3 is 2.71 bits per heavy atom. The molecular weight excluding hydrogens is 299 g/mol. The van der Waals surface area contributed by atoms with Gasteiger partial charge in [0, 0.05) is 0 Å². The summed E-state index contributed by atoms with van der Waals surface area (Å²) in [4.78, 5) is 24.0. The number of hydrogen-bond donors (Lipinski definition) is 0. The molecule has 0 aromatic rings. The van der Waals surface area contributed by atoms with E-state index >= 15 is 0 Å². The third-order valence-electron chi connectivity index (χ3n) is 1.89. The van der Waals surface area contributed by atoms with Gasteiger partial charge in [0.2, 0.25) is 0 Å². The first kappa shape index (κ1) is 11.7. The summed E-state index contributed by atoms with van der Waals surface area (Å²) >= 11 is 0.105. The predicted octanol–water partition coefficient (Wildman–Crippen LogP) is -2.02. The second-order valence-electron chi connectivity index (χ2n) is 3.29. The molecule has 2 atom stereocenters. The minimum absolute atomic E-state index is 0.0293. The number of ether oxygens (including phenoxy) is 2. The maximum atomic E-state index is 11.0. The summed E-state index contributed by atoms with van der Waals surface area (Å²) in [6, 6.07) is 0. The summed E-state index contributed by atoms with van der Waals surface area (Å²) in [5.74, 6) is 0.0506. The molecule has 0 bridgehead atoms. The van der Waals surface area contributed by atoms with Crippen LogP contribution in [0.15, 0.2) is 0 Å².